The number of ether oxygens (including phenoxy) is 2. The predicted molar refractivity (Wildman–Crippen MR) is 234 cm³/mol. The van der Waals surface area contributed by atoms with E-state index in [9.17, 15) is 53.4 Å². The first-order chi connectivity index (χ1) is 30.7. The Morgan fingerprint density at radius 2 is 1.38 bits per heavy atom. The number of rotatable bonds is 23. The van der Waals surface area contributed by atoms with Gasteiger partial charge < -0.3 is 45.9 Å². The number of carboxylic acids is 2. The van der Waals surface area contributed by atoms with Crippen LogP contribution in [0.2, 0.25) is 0 Å². The lowest BCUT2D eigenvalue weighted by Crippen LogP contribution is -2.60. The van der Waals surface area contributed by atoms with Crippen LogP contribution in [0.5, 0.6) is 0 Å². The van der Waals surface area contributed by atoms with Crippen molar-refractivity contribution in [2.75, 3.05) is 13.1 Å². The average Bonchev–Trinajstić information content (AvgIpc) is 3.70. The van der Waals surface area contributed by atoms with Gasteiger partial charge >= 0.3 is 23.9 Å². The Labute approximate surface area is 378 Å². The number of amides is 7. The van der Waals surface area contributed by atoms with Gasteiger partial charge in [-0.3, -0.25) is 39.0 Å². The van der Waals surface area contributed by atoms with Crippen molar-refractivity contribution in [3.05, 3.63) is 71.8 Å². The van der Waals surface area contributed by atoms with E-state index in [1.807, 2.05) is 67.6 Å². The zero-order valence-electron chi connectivity index (χ0n) is 37.9. The molecule has 0 saturated carbocycles. The van der Waals surface area contributed by atoms with Crippen molar-refractivity contribution in [1.29, 1.82) is 0 Å². The van der Waals surface area contributed by atoms with E-state index < -0.39 is 121 Å². The summed E-state index contributed by atoms with van der Waals surface area (Å²) in [5, 5.41) is 29.8. The van der Waals surface area contributed by atoms with E-state index >= 15 is 0 Å². The smallest absolute Gasteiger partial charge is 0.336 e. The topological polar surface area (TPSA) is 279 Å². The highest BCUT2D eigenvalue weighted by molar-refractivity contribution is 5.96. The Kier molecular flexibility index (Phi) is 20.8. The van der Waals surface area contributed by atoms with E-state index in [4.69, 9.17) is 9.47 Å². The molecule has 7 N–H and O–H groups in total. The molecule has 0 aliphatic carbocycles. The van der Waals surface area contributed by atoms with Crippen LogP contribution in [0.15, 0.2) is 60.7 Å². The maximum Gasteiger partial charge on any atom is 0.336 e. The molecule has 20 nitrogen and oxygen atoms in total. The summed E-state index contributed by atoms with van der Waals surface area (Å²) in [6, 6.07) is 11.5. The molecule has 0 bridgehead atoms. The SMILES string of the molecule is CCCN(NC(=O)[C@H]1C[C@@H](OCc2ccccc2)CN1C(=O)[C@@H](NC(=O)[C@@H](OC(=O)[C@@H](CC(=O)O)NC(=O)[C@H](CC(=O)O)NC(C)=O)[C@H](C)CC)C(C)C)C(=O)N[C@H](C)c1ccccc1. The molecule has 0 aromatic heterocycles. The van der Waals surface area contributed by atoms with Gasteiger partial charge in [0.2, 0.25) is 17.7 Å². The number of hydrogen-bond donors (Lipinski definition) is 7. The molecule has 8 atom stereocenters. The molecule has 1 heterocycles. The summed E-state index contributed by atoms with van der Waals surface area (Å²) in [6.45, 7) is 11.5. The third kappa shape index (κ3) is 16.5. The normalized spacial score (nSPS) is 17.3. The van der Waals surface area contributed by atoms with Gasteiger partial charge in [0.15, 0.2) is 6.10 Å². The van der Waals surface area contributed by atoms with E-state index in [2.05, 4.69) is 26.7 Å². The van der Waals surface area contributed by atoms with Crippen LogP contribution in [-0.2, 0) is 54.4 Å². The lowest BCUT2D eigenvalue weighted by Gasteiger charge is -2.33. The molecule has 1 fully saturated rings. The second kappa shape index (κ2) is 25.7. The number of urea groups is 1. The summed E-state index contributed by atoms with van der Waals surface area (Å²) in [7, 11) is 0. The van der Waals surface area contributed by atoms with Crippen LogP contribution in [0.25, 0.3) is 0 Å². The molecule has 65 heavy (non-hydrogen) atoms. The maximum absolute atomic E-state index is 14.6. The zero-order chi connectivity index (χ0) is 48.4. The standard InChI is InChI=1S/C45H63N7O13/c1-8-20-52(45(63)46-28(6)31-18-14-11-15-19-31)50-41(59)35-21-32(64-25-30-16-12-10-13-17-30)24-51(35)43(61)38(26(3)4)49-42(60)39(27(5)9-2)65-44(62)34(23-37(56)57)48-40(58)33(22-36(54)55)47-29(7)53/h10-19,26-28,32-35,38-39H,8-9,20-25H2,1-7H3,(H,46,63)(H,47,53)(H,48,58)(H,49,60)(H,50,59)(H,54,55)(H,56,57)/t27-,28-,32-,33+,34-,35-,38+,39+/m1/s1. The first kappa shape index (κ1) is 52.8. The van der Waals surface area contributed by atoms with Crippen LogP contribution >= 0.6 is 0 Å². The van der Waals surface area contributed by atoms with Crippen molar-refractivity contribution < 1.29 is 62.8 Å². The molecule has 3 rings (SSSR count). The van der Waals surface area contributed by atoms with Gasteiger partial charge in [-0.1, -0.05) is 95.3 Å². The van der Waals surface area contributed by atoms with Crippen molar-refractivity contribution >= 4 is 53.5 Å². The lowest BCUT2D eigenvalue weighted by molar-refractivity contribution is -0.164. The number of hydrazine groups is 1. The van der Waals surface area contributed by atoms with Crippen LogP contribution in [0, 0.1) is 11.8 Å². The lowest BCUT2D eigenvalue weighted by atomic mass is 9.98. The first-order valence-electron chi connectivity index (χ1n) is 21.7. The molecule has 2 aromatic carbocycles. The van der Waals surface area contributed by atoms with Gasteiger partial charge in [-0.2, -0.15) is 0 Å². The van der Waals surface area contributed by atoms with Crippen LogP contribution in [0.1, 0.15) is 97.7 Å². The van der Waals surface area contributed by atoms with E-state index in [1.165, 1.54) is 4.90 Å². The molecule has 7 amide bonds. The number of carbonyl (C=O) groups excluding carboxylic acids is 7. The van der Waals surface area contributed by atoms with Crippen LogP contribution < -0.4 is 26.7 Å². The number of likely N-dealkylation sites (tertiary alicyclic amines) is 1. The van der Waals surface area contributed by atoms with E-state index in [1.54, 1.807) is 34.6 Å². The minimum absolute atomic E-state index is 0.0459. The van der Waals surface area contributed by atoms with Gasteiger partial charge in [0.1, 0.15) is 24.2 Å². The van der Waals surface area contributed by atoms with E-state index in [0.717, 1.165) is 23.1 Å². The van der Waals surface area contributed by atoms with E-state index in [0.29, 0.717) is 6.42 Å². The fourth-order valence-corrected chi connectivity index (χ4v) is 6.97. The predicted octanol–water partition coefficient (Wildman–Crippen LogP) is 2.42. The van der Waals surface area contributed by atoms with Gasteiger partial charge in [-0.05, 0) is 36.8 Å². The second-order valence-corrected chi connectivity index (χ2v) is 16.4. The molecule has 356 valence electrons. The number of nitrogens with one attached hydrogen (secondary N) is 5. The number of esters is 1. The van der Waals surface area contributed by atoms with Gasteiger partial charge in [0, 0.05) is 32.4 Å². The summed E-state index contributed by atoms with van der Waals surface area (Å²) < 4.78 is 11.8. The number of carbonyl (C=O) groups is 9. The quantitative estimate of drug-likeness (QED) is 0.0624. The summed E-state index contributed by atoms with van der Waals surface area (Å²) in [4.78, 5) is 119. The molecule has 2 aromatic rings. The Morgan fingerprint density at radius 1 is 0.785 bits per heavy atom. The number of nitrogens with zero attached hydrogens (tertiary/aromatic N) is 2. The van der Waals surface area contributed by atoms with Crippen LogP contribution in [0.4, 0.5) is 4.79 Å². The monoisotopic (exact) mass is 909 g/mol. The number of hydrogen-bond acceptors (Lipinski definition) is 11. The van der Waals surface area contributed by atoms with E-state index in [-0.39, 0.29) is 32.5 Å². The van der Waals surface area contributed by atoms with Crippen LogP contribution in [-0.4, -0.2) is 123 Å². The van der Waals surface area contributed by atoms with Gasteiger partial charge in [-0.25, -0.2) is 14.6 Å². The molecular formula is C45H63N7O13. The molecule has 0 spiro atoms. The van der Waals surface area contributed by atoms with Gasteiger partial charge in [-0.15, -0.1) is 0 Å². The third-order valence-corrected chi connectivity index (χ3v) is 10.7. The Bertz CT molecular complexity index is 1950. The number of carboxylic acid groups (broad SMARTS) is 2. The highest BCUT2D eigenvalue weighted by atomic mass is 16.6. The van der Waals surface area contributed by atoms with Crippen molar-refractivity contribution in [3.8, 4) is 0 Å². The molecule has 1 aliphatic heterocycles. The van der Waals surface area contributed by atoms with Crippen molar-refractivity contribution in [2.24, 2.45) is 11.8 Å². The first-order valence-corrected chi connectivity index (χ1v) is 21.7. The molecule has 0 unspecified atom stereocenters. The Balaban J connectivity index is 1.89. The highest BCUT2D eigenvalue weighted by Crippen LogP contribution is 2.25. The van der Waals surface area contributed by atoms with Crippen LogP contribution in [0.3, 0.4) is 0 Å². The Morgan fingerprint density at radius 3 is 1.94 bits per heavy atom. The summed E-state index contributed by atoms with van der Waals surface area (Å²) >= 11 is 0. The molecule has 0 radical (unpaired) electrons. The second-order valence-electron chi connectivity index (χ2n) is 16.4. The molecular weight excluding hydrogens is 847 g/mol. The minimum Gasteiger partial charge on any atom is -0.481 e. The van der Waals surface area contributed by atoms with Gasteiger partial charge in [0.05, 0.1) is 31.6 Å². The van der Waals surface area contributed by atoms with Crippen molar-refractivity contribution in [3.63, 3.8) is 0 Å². The summed E-state index contributed by atoms with van der Waals surface area (Å²) in [5.74, 6) is -9.91. The maximum atomic E-state index is 14.6. The third-order valence-electron chi connectivity index (χ3n) is 10.7. The molecule has 20 heteroatoms. The number of aliphatic carboxylic acids is 2. The number of benzene rings is 2. The largest absolute Gasteiger partial charge is 0.481 e. The minimum atomic E-state index is -1.92. The Hall–Kier alpha value is -6.57. The van der Waals surface area contributed by atoms with Gasteiger partial charge in [0.25, 0.3) is 11.8 Å². The average molecular weight is 910 g/mol. The highest BCUT2D eigenvalue weighted by Gasteiger charge is 2.45. The molecule has 1 saturated heterocycles. The summed E-state index contributed by atoms with van der Waals surface area (Å²) in [6.07, 6.45) is -3.39. The van der Waals surface area contributed by atoms with Crippen molar-refractivity contribution in [2.45, 2.75) is 130 Å². The zero-order valence-corrected chi connectivity index (χ0v) is 37.9. The fourth-order valence-electron chi connectivity index (χ4n) is 6.97. The fraction of sp³-hybridized carbons (Fsp3) is 0.533. The van der Waals surface area contributed by atoms with Crippen molar-refractivity contribution in [1.82, 2.24) is 36.6 Å². The molecule has 1 aliphatic rings. The summed E-state index contributed by atoms with van der Waals surface area (Å²) in [5.41, 5.74) is 4.40.